The molecule has 0 saturated heterocycles. The summed E-state index contributed by atoms with van der Waals surface area (Å²) in [5, 5.41) is 5.71. The number of ether oxygens (including phenoxy) is 1. The number of aromatic nitrogens is 3. The molecule has 0 saturated carbocycles. The van der Waals surface area contributed by atoms with Crippen LogP contribution in [0.4, 0.5) is 5.69 Å². The number of Topliss-reactive ketones (excluding diaryl/α,β-unsaturated/α-hetero) is 1. The first-order valence-corrected chi connectivity index (χ1v) is 11.3. The Kier molecular flexibility index (Phi) is 6.21. The van der Waals surface area contributed by atoms with Gasteiger partial charge in [-0.3, -0.25) is 14.4 Å². The van der Waals surface area contributed by atoms with Gasteiger partial charge in [-0.05, 0) is 29.7 Å². The third-order valence-electron chi connectivity index (χ3n) is 5.79. The van der Waals surface area contributed by atoms with Gasteiger partial charge in [0.1, 0.15) is 24.2 Å². The summed E-state index contributed by atoms with van der Waals surface area (Å²) in [5.41, 5.74) is 4.31. The highest BCUT2D eigenvalue weighted by atomic mass is 16.5. The van der Waals surface area contributed by atoms with Crippen LogP contribution in [-0.4, -0.2) is 39.2 Å². The first-order chi connectivity index (χ1) is 17.1. The van der Waals surface area contributed by atoms with Crippen molar-refractivity contribution in [2.45, 2.75) is 25.8 Å². The fourth-order valence-corrected chi connectivity index (χ4v) is 4.03. The Morgan fingerprint density at radius 2 is 1.91 bits per heavy atom. The summed E-state index contributed by atoms with van der Waals surface area (Å²) in [4.78, 5) is 48.4. The molecule has 3 heterocycles. The Morgan fingerprint density at radius 3 is 2.77 bits per heavy atom. The van der Waals surface area contributed by atoms with E-state index >= 15 is 0 Å². The van der Waals surface area contributed by atoms with Crippen molar-refractivity contribution < 1.29 is 19.1 Å². The number of H-pyrrole nitrogens is 1. The number of anilines is 1. The van der Waals surface area contributed by atoms with Crippen molar-refractivity contribution in [1.29, 1.82) is 0 Å². The summed E-state index contributed by atoms with van der Waals surface area (Å²) in [6.45, 7) is 0.355. The second-order valence-electron chi connectivity index (χ2n) is 8.31. The Balaban J connectivity index is 1.24. The number of nitrogens with one attached hydrogen (secondary N) is 3. The van der Waals surface area contributed by atoms with Crippen molar-refractivity contribution in [2.24, 2.45) is 0 Å². The van der Waals surface area contributed by atoms with Gasteiger partial charge in [-0.25, -0.2) is 9.97 Å². The minimum atomic E-state index is -0.383. The highest BCUT2D eigenvalue weighted by Crippen LogP contribution is 2.25. The van der Waals surface area contributed by atoms with Crippen LogP contribution < -0.4 is 15.4 Å². The number of carbonyl (C=O) groups is 3. The van der Waals surface area contributed by atoms with Crippen LogP contribution in [-0.2, 0) is 29.0 Å². The third-order valence-corrected chi connectivity index (χ3v) is 5.79. The molecule has 9 nitrogen and oxygen atoms in total. The zero-order valence-electron chi connectivity index (χ0n) is 18.8. The van der Waals surface area contributed by atoms with Crippen LogP contribution >= 0.6 is 0 Å². The van der Waals surface area contributed by atoms with E-state index in [1.54, 1.807) is 6.20 Å². The molecule has 0 radical (unpaired) electrons. The zero-order chi connectivity index (χ0) is 24.2. The van der Waals surface area contributed by atoms with E-state index in [1.807, 2.05) is 48.5 Å². The van der Waals surface area contributed by atoms with Gasteiger partial charge in [-0.1, -0.05) is 36.4 Å². The topological polar surface area (TPSA) is 126 Å². The number of hydrogen-bond donors (Lipinski definition) is 3. The number of fused-ring (bicyclic) bond motifs is 2. The van der Waals surface area contributed by atoms with Gasteiger partial charge in [-0.2, -0.15) is 0 Å². The summed E-state index contributed by atoms with van der Waals surface area (Å²) in [7, 11) is 0. The van der Waals surface area contributed by atoms with Gasteiger partial charge >= 0.3 is 0 Å². The fourth-order valence-electron chi connectivity index (χ4n) is 4.03. The molecule has 0 aliphatic carbocycles. The van der Waals surface area contributed by atoms with Gasteiger partial charge in [0.2, 0.25) is 5.91 Å². The number of amides is 2. The number of hydrogen-bond acceptors (Lipinski definition) is 6. The largest absolute Gasteiger partial charge is 0.486 e. The van der Waals surface area contributed by atoms with Crippen LogP contribution in [0, 0.1) is 0 Å². The number of ketones is 1. The first-order valence-electron chi connectivity index (χ1n) is 11.3. The summed E-state index contributed by atoms with van der Waals surface area (Å²) >= 11 is 0. The van der Waals surface area contributed by atoms with E-state index in [-0.39, 0.29) is 36.4 Å². The molecule has 1 aliphatic heterocycles. The lowest BCUT2D eigenvalue weighted by Crippen LogP contribution is -2.25. The maximum atomic E-state index is 12.9. The summed E-state index contributed by atoms with van der Waals surface area (Å²) in [5.74, 6) is 0.194. The molecule has 35 heavy (non-hydrogen) atoms. The Hall–Kier alpha value is -4.53. The lowest BCUT2D eigenvalue weighted by molar-refractivity contribution is -0.121. The summed E-state index contributed by atoms with van der Waals surface area (Å²) < 4.78 is 5.41. The molecule has 3 N–H and O–H groups in total. The second kappa shape index (κ2) is 9.76. The molecule has 0 fully saturated rings. The highest BCUT2D eigenvalue weighted by Gasteiger charge is 2.19. The molecule has 176 valence electrons. The van der Waals surface area contributed by atoms with Crippen LogP contribution in [0.3, 0.4) is 0 Å². The maximum absolute atomic E-state index is 12.9. The lowest BCUT2D eigenvalue weighted by Gasteiger charge is -2.17. The predicted molar refractivity (Wildman–Crippen MR) is 129 cm³/mol. The van der Waals surface area contributed by atoms with E-state index in [2.05, 4.69) is 25.6 Å². The van der Waals surface area contributed by atoms with Crippen molar-refractivity contribution in [3.63, 3.8) is 0 Å². The molecule has 2 aromatic heterocycles. The van der Waals surface area contributed by atoms with E-state index in [0.29, 0.717) is 41.7 Å². The van der Waals surface area contributed by atoms with Gasteiger partial charge < -0.3 is 20.4 Å². The Morgan fingerprint density at radius 1 is 1.06 bits per heavy atom. The fraction of sp³-hybridized carbons (Fsp3) is 0.192. The number of benzene rings is 2. The van der Waals surface area contributed by atoms with Crippen molar-refractivity contribution in [1.82, 2.24) is 20.3 Å². The van der Waals surface area contributed by atoms with Gasteiger partial charge in [0.05, 0.1) is 11.2 Å². The van der Waals surface area contributed by atoms with E-state index in [4.69, 9.17) is 4.74 Å². The van der Waals surface area contributed by atoms with Crippen LogP contribution in [0.25, 0.3) is 11.0 Å². The number of rotatable bonds is 7. The van der Waals surface area contributed by atoms with Gasteiger partial charge in [0, 0.05) is 31.1 Å². The van der Waals surface area contributed by atoms with Crippen LogP contribution in [0.15, 0.2) is 61.1 Å². The van der Waals surface area contributed by atoms with E-state index in [9.17, 15) is 14.4 Å². The maximum Gasteiger partial charge on any atom is 0.272 e. The molecule has 2 aromatic carbocycles. The second-order valence-corrected chi connectivity index (χ2v) is 8.31. The lowest BCUT2D eigenvalue weighted by atomic mass is 10.0. The predicted octanol–water partition coefficient (Wildman–Crippen LogP) is 2.96. The van der Waals surface area contributed by atoms with E-state index < -0.39 is 0 Å². The van der Waals surface area contributed by atoms with Crippen molar-refractivity contribution >= 4 is 34.3 Å². The van der Waals surface area contributed by atoms with Crippen LogP contribution in [0.2, 0.25) is 0 Å². The molecule has 0 spiro atoms. The first kappa shape index (κ1) is 22.3. The van der Waals surface area contributed by atoms with Crippen LogP contribution in [0.5, 0.6) is 5.75 Å². The molecule has 5 rings (SSSR count). The summed E-state index contributed by atoms with van der Waals surface area (Å²) in [6.07, 6.45) is 4.18. The average Bonchev–Trinajstić information content (AvgIpc) is 3.29. The van der Waals surface area contributed by atoms with Crippen LogP contribution in [0.1, 0.15) is 33.6 Å². The average molecular weight is 470 g/mol. The smallest absolute Gasteiger partial charge is 0.272 e. The third kappa shape index (κ3) is 5.03. The van der Waals surface area contributed by atoms with Crippen molar-refractivity contribution in [3.05, 3.63) is 83.4 Å². The Labute approximate surface area is 200 Å². The zero-order valence-corrected chi connectivity index (χ0v) is 18.8. The minimum absolute atomic E-state index is 0.0248. The molecule has 0 bridgehead atoms. The molecule has 4 aromatic rings. The monoisotopic (exact) mass is 469 g/mol. The molecule has 1 aliphatic rings. The quantitative estimate of drug-likeness (QED) is 0.382. The van der Waals surface area contributed by atoms with Gasteiger partial charge in [0.25, 0.3) is 5.91 Å². The summed E-state index contributed by atoms with van der Waals surface area (Å²) in [6, 6.07) is 15.3. The molecule has 2 amide bonds. The minimum Gasteiger partial charge on any atom is -0.486 e. The number of nitrogens with zero attached hydrogens (tertiary/aromatic N) is 2. The number of carbonyl (C=O) groups excluding carboxylic acids is 3. The molecular weight excluding hydrogens is 446 g/mol. The van der Waals surface area contributed by atoms with Gasteiger partial charge in [-0.15, -0.1) is 0 Å². The molecule has 0 unspecified atom stereocenters. The van der Waals surface area contributed by atoms with Crippen molar-refractivity contribution in [3.8, 4) is 5.75 Å². The molecule has 9 heteroatoms. The van der Waals surface area contributed by atoms with Crippen molar-refractivity contribution in [2.75, 3.05) is 11.9 Å². The molecular formula is C26H23N5O4. The number of aryl methyl sites for hydroxylation is 1. The van der Waals surface area contributed by atoms with Gasteiger partial charge in [0.15, 0.2) is 11.5 Å². The number of aromatic amines is 1. The molecule has 0 atom stereocenters. The Bertz CT molecular complexity index is 1410. The van der Waals surface area contributed by atoms with E-state index in [1.165, 1.54) is 6.33 Å². The SMILES string of the molecule is O=C1COc2ccc(CNC(=O)c3ncnc4c(NC(=O)CCc5ccccc5)c[nH]c34)cc2C1. The standard InChI is InChI=1S/C26H23N5O4/c32-19-11-18-10-17(6-8-21(18)35-14-19)12-28-26(34)25-24-23(29-15-30-25)20(13-27-24)31-22(33)9-7-16-4-2-1-3-5-16/h1-6,8,10,13,15,27H,7,9,11-12,14H2,(H,28,34)(H,31,33). The normalized spacial score (nSPS) is 12.6. The van der Waals surface area contributed by atoms with E-state index in [0.717, 1.165) is 16.7 Å². The highest BCUT2D eigenvalue weighted by molar-refractivity contribution is 6.07.